The normalized spacial score (nSPS) is 9.83. The van der Waals surface area contributed by atoms with Crippen molar-refractivity contribution in [1.29, 1.82) is 0 Å². The molecule has 0 aliphatic carbocycles. The summed E-state index contributed by atoms with van der Waals surface area (Å²) < 4.78 is 1.23. The number of nitrogens with one attached hydrogen (secondary N) is 1. The van der Waals surface area contributed by atoms with Crippen molar-refractivity contribution in [3.63, 3.8) is 0 Å². The van der Waals surface area contributed by atoms with Crippen LogP contribution in [0.4, 0.5) is 0 Å². The Bertz CT molecular complexity index is 274. The van der Waals surface area contributed by atoms with Crippen LogP contribution in [0.25, 0.3) is 0 Å². The molecule has 1 amide bonds. The van der Waals surface area contributed by atoms with Gasteiger partial charge in [0, 0.05) is 6.26 Å². The molecule has 0 fully saturated rings. The maximum Gasteiger partial charge on any atom is 0.265 e. The number of nitrogens with zero attached hydrogens (tertiary/aromatic N) is 4. The van der Waals surface area contributed by atoms with E-state index in [0.29, 0.717) is 5.16 Å². The average Bonchev–Trinajstić information content (AvgIpc) is 2.51. The van der Waals surface area contributed by atoms with Crippen LogP contribution in [-0.4, -0.2) is 31.3 Å². The lowest BCUT2D eigenvalue weighted by Crippen LogP contribution is -2.25. The number of aromatic nitrogens is 4. The van der Waals surface area contributed by atoms with Crippen molar-refractivity contribution < 1.29 is 10.0 Å². The minimum atomic E-state index is -0.586. The lowest BCUT2D eigenvalue weighted by atomic mass is 10.6. The van der Waals surface area contributed by atoms with Gasteiger partial charge in [-0.15, -0.1) is 5.10 Å². The molecule has 0 aliphatic rings. The SMILES string of the molecule is [CH2]Sc1nnnn1CC(=O)NO. The highest BCUT2D eigenvalue weighted by atomic mass is 32.2. The van der Waals surface area contributed by atoms with Gasteiger partial charge in [-0.25, -0.2) is 10.2 Å². The van der Waals surface area contributed by atoms with Crippen LogP contribution in [0.1, 0.15) is 0 Å². The second-order valence-electron chi connectivity index (χ2n) is 1.80. The van der Waals surface area contributed by atoms with Gasteiger partial charge >= 0.3 is 0 Å². The van der Waals surface area contributed by atoms with E-state index in [1.165, 1.54) is 10.2 Å². The lowest BCUT2D eigenvalue weighted by molar-refractivity contribution is -0.130. The highest BCUT2D eigenvalue weighted by Gasteiger charge is 2.07. The van der Waals surface area contributed by atoms with Gasteiger partial charge in [-0.05, 0) is 10.4 Å². The van der Waals surface area contributed by atoms with Crippen molar-refractivity contribution in [2.24, 2.45) is 0 Å². The van der Waals surface area contributed by atoms with Crippen LogP contribution < -0.4 is 5.48 Å². The zero-order valence-electron chi connectivity index (χ0n) is 5.97. The van der Waals surface area contributed by atoms with Gasteiger partial charge in [-0.2, -0.15) is 0 Å². The number of rotatable bonds is 3. The van der Waals surface area contributed by atoms with E-state index in [2.05, 4.69) is 21.8 Å². The zero-order valence-corrected chi connectivity index (χ0v) is 6.78. The first-order valence-corrected chi connectivity index (χ1v) is 3.87. The second kappa shape index (κ2) is 4.02. The third-order valence-corrected chi connectivity index (χ3v) is 1.60. The number of hydroxylamine groups is 1. The summed E-state index contributed by atoms with van der Waals surface area (Å²) in [6.45, 7) is -0.124. The molecule has 0 aliphatic heterocycles. The van der Waals surface area contributed by atoms with E-state index in [4.69, 9.17) is 5.21 Å². The predicted octanol–water partition coefficient (Wildman–Crippen LogP) is -0.938. The highest BCUT2D eigenvalue weighted by Crippen LogP contribution is 2.09. The van der Waals surface area contributed by atoms with Crippen molar-refractivity contribution in [3.8, 4) is 0 Å². The largest absolute Gasteiger partial charge is 0.289 e. The molecule has 1 heterocycles. The van der Waals surface area contributed by atoms with Crippen LogP contribution in [0, 0.1) is 6.26 Å². The summed E-state index contributed by atoms with van der Waals surface area (Å²) in [7, 11) is 0. The van der Waals surface area contributed by atoms with Gasteiger partial charge in [0.1, 0.15) is 6.54 Å². The molecule has 1 radical (unpaired) electrons. The quantitative estimate of drug-likeness (QED) is 0.361. The number of carbonyl (C=O) groups excluding carboxylic acids is 1. The van der Waals surface area contributed by atoms with Gasteiger partial charge in [0.2, 0.25) is 5.16 Å². The van der Waals surface area contributed by atoms with Crippen molar-refractivity contribution in [2.75, 3.05) is 0 Å². The molecule has 0 spiro atoms. The van der Waals surface area contributed by atoms with Crippen LogP contribution in [0.15, 0.2) is 5.16 Å². The first-order chi connectivity index (χ1) is 5.77. The van der Waals surface area contributed by atoms with Crippen LogP contribution in [0.3, 0.4) is 0 Å². The molecule has 2 N–H and O–H groups in total. The molecule has 1 aromatic rings. The molecule has 0 saturated heterocycles. The summed E-state index contributed by atoms with van der Waals surface area (Å²) in [6.07, 6.45) is 3.48. The van der Waals surface area contributed by atoms with Crippen molar-refractivity contribution >= 4 is 17.7 Å². The summed E-state index contributed by atoms with van der Waals surface area (Å²) in [4.78, 5) is 10.6. The van der Waals surface area contributed by atoms with Crippen LogP contribution in [-0.2, 0) is 11.3 Å². The molecule has 0 atom stereocenters. The number of amides is 1. The fourth-order valence-electron chi connectivity index (χ4n) is 0.570. The van der Waals surface area contributed by atoms with Crippen molar-refractivity contribution in [3.05, 3.63) is 6.26 Å². The monoisotopic (exact) mass is 188 g/mol. The Morgan fingerprint density at radius 2 is 2.58 bits per heavy atom. The van der Waals surface area contributed by atoms with Gasteiger partial charge in [0.05, 0.1) is 0 Å². The number of hydrogen-bond acceptors (Lipinski definition) is 6. The van der Waals surface area contributed by atoms with Crippen LogP contribution >= 0.6 is 11.8 Å². The Labute approximate surface area is 72.1 Å². The Kier molecular flexibility index (Phi) is 3.00. The Morgan fingerprint density at radius 3 is 3.17 bits per heavy atom. The Balaban J connectivity index is 2.68. The topological polar surface area (TPSA) is 92.9 Å². The van der Waals surface area contributed by atoms with E-state index >= 15 is 0 Å². The fourth-order valence-corrected chi connectivity index (χ4v) is 0.915. The molecule has 0 aromatic carbocycles. The standard InChI is InChI=1S/C4H6N5O2S/c1-12-4-5-7-8-9(4)2-3(10)6-11/h11H,1-2H2,(H,6,10). The first kappa shape index (κ1) is 8.94. The Morgan fingerprint density at radius 1 is 1.83 bits per heavy atom. The lowest BCUT2D eigenvalue weighted by Gasteiger charge is -1.98. The maximum absolute atomic E-state index is 10.6. The summed E-state index contributed by atoms with van der Waals surface area (Å²) in [5.41, 5.74) is 1.47. The van der Waals surface area contributed by atoms with Crippen LogP contribution in [0.2, 0.25) is 0 Å². The summed E-state index contributed by atoms with van der Waals surface area (Å²) >= 11 is 1.07. The van der Waals surface area contributed by atoms with Gasteiger partial charge in [-0.1, -0.05) is 11.8 Å². The van der Waals surface area contributed by atoms with Crippen molar-refractivity contribution in [1.82, 2.24) is 25.7 Å². The van der Waals surface area contributed by atoms with Gasteiger partial charge in [-0.3, -0.25) is 10.0 Å². The molecule has 1 rings (SSSR count). The number of thioether (sulfide) groups is 1. The molecule has 12 heavy (non-hydrogen) atoms. The second-order valence-corrected chi connectivity index (χ2v) is 2.45. The van der Waals surface area contributed by atoms with Gasteiger partial charge in [0.15, 0.2) is 0 Å². The Hall–Kier alpha value is -1.15. The average molecular weight is 188 g/mol. The van der Waals surface area contributed by atoms with E-state index in [1.54, 1.807) is 0 Å². The number of carbonyl (C=O) groups is 1. The highest BCUT2D eigenvalue weighted by molar-refractivity contribution is 8.00. The molecule has 1 aromatic heterocycles. The van der Waals surface area contributed by atoms with E-state index in [-0.39, 0.29) is 6.54 Å². The third-order valence-electron chi connectivity index (χ3n) is 1.05. The molecule has 0 bridgehead atoms. The summed E-state index contributed by atoms with van der Waals surface area (Å²) in [5.74, 6) is -0.586. The minimum Gasteiger partial charge on any atom is -0.289 e. The smallest absolute Gasteiger partial charge is 0.265 e. The third kappa shape index (κ3) is 1.92. The number of hydrogen-bond donors (Lipinski definition) is 2. The first-order valence-electron chi connectivity index (χ1n) is 2.89. The molecule has 8 heteroatoms. The molecular weight excluding hydrogens is 182 g/mol. The van der Waals surface area contributed by atoms with E-state index in [0.717, 1.165) is 11.8 Å². The van der Waals surface area contributed by atoms with E-state index in [9.17, 15) is 4.79 Å². The van der Waals surface area contributed by atoms with E-state index in [1.807, 2.05) is 0 Å². The molecule has 0 saturated carbocycles. The van der Waals surface area contributed by atoms with Gasteiger partial charge in [0.25, 0.3) is 5.91 Å². The van der Waals surface area contributed by atoms with Gasteiger partial charge < -0.3 is 0 Å². The van der Waals surface area contributed by atoms with Crippen LogP contribution in [0.5, 0.6) is 0 Å². The zero-order chi connectivity index (χ0) is 8.97. The predicted molar refractivity (Wildman–Crippen MR) is 39.0 cm³/mol. The maximum atomic E-state index is 10.6. The fraction of sp³-hybridized carbons (Fsp3) is 0.250. The molecule has 65 valence electrons. The number of tetrazole rings is 1. The minimum absolute atomic E-state index is 0.124. The molecular formula is C4H6N5O2S. The summed E-state index contributed by atoms with van der Waals surface area (Å²) in [5, 5.41) is 19.0. The summed E-state index contributed by atoms with van der Waals surface area (Å²) in [6, 6.07) is 0. The van der Waals surface area contributed by atoms with Crippen molar-refractivity contribution in [2.45, 2.75) is 11.7 Å². The van der Waals surface area contributed by atoms with E-state index < -0.39 is 5.91 Å². The molecule has 7 nitrogen and oxygen atoms in total. The molecule has 0 unspecified atom stereocenters.